The average Bonchev–Trinajstić information content (AvgIpc) is 3.26. The summed E-state index contributed by atoms with van der Waals surface area (Å²) < 4.78 is 0.693. The van der Waals surface area contributed by atoms with Crippen LogP contribution in [0, 0.1) is 12.8 Å². The summed E-state index contributed by atoms with van der Waals surface area (Å²) in [6.07, 6.45) is -0.865. The predicted molar refractivity (Wildman–Crippen MR) is 118 cm³/mol. The second-order valence-corrected chi connectivity index (χ2v) is 8.39. The Morgan fingerprint density at radius 3 is 2.20 bits per heavy atom. The van der Waals surface area contributed by atoms with Crippen molar-refractivity contribution in [1.29, 1.82) is 0 Å². The van der Waals surface area contributed by atoms with Gasteiger partial charge in [-0.2, -0.15) is 0 Å². The van der Waals surface area contributed by atoms with Crippen LogP contribution in [0.3, 0.4) is 0 Å². The van der Waals surface area contributed by atoms with Crippen molar-refractivity contribution in [2.75, 3.05) is 9.96 Å². The van der Waals surface area contributed by atoms with Crippen LogP contribution in [0.2, 0.25) is 0 Å². The fourth-order valence-electron chi connectivity index (χ4n) is 4.19. The van der Waals surface area contributed by atoms with Crippen LogP contribution in [-0.4, -0.2) is 17.9 Å². The van der Waals surface area contributed by atoms with Gasteiger partial charge in [0.15, 0.2) is 6.10 Å². The van der Waals surface area contributed by atoms with Crippen LogP contribution in [0.4, 0.5) is 11.4 Å². The fraction of sp³-hybridized carbons (Fsp3) is 0.167. The summed E-state index contributed by atoms with van der Waals surface area (Å²) in [5.41, 5.74) is 3.42. The summed E-state index contributed by atoms with van der Waals surface area (Å²) in [4.78, 5) is 34.2. The highest BCUT2D eigenvalue weighted by atomic mass is 79.9. The SMILES string of the molecule is Cc1ccc([C@@H]2[C@@H]3C(=O)N(c4ccccc4Br)C(=O)[C@@H]3ON2c2ccccc2)cc1. The van der Waals surface area contributed by atoms with E-state index in [1.807, 2.05) is 79.7 Å². The summed E-state index contributed by atoms with van der Waals surface area (Å²) >= 11 is 3.46. The van der Waals surface area contributed by atoms with E-state index in [0.717, 1.165) is 16.8 Å². The fourth-order valence-corrected chi connectivity index (χ4v) is 4.65. The Labute approximate surface area is 183 Å². The van der Waals surface area contributed by atoms with E-state index in [-0.39, 0.29) is 11.8 Å². The van der Waals surface area contributed by atoms with Gasteiger partial charge >= 0.3 is 0 Å². The number of aryl methyl sites for hydroxylation is 1. The summed E-state index contributed by atoms with van der Waals surface area (Å²) in [5.74, 6) is -1.22. The third-order valence-electron chi connectivity index (χ3n) is 5.64. The summed E-state index contributed by atoms with van der Waals surface area (Å²) in [6, 6.07) is 24.4. The van der Waals surface area contributed by atoms with Crippen LogP contribution in [0.25, 0.3) is 0 Å². The van der Waals surface area contributed by atoms with E-state index < -0.39 is 18.1 Å². The monoisotopic (exact) mass is 462 g/mol. The van der Waals surface area contributed by atoms with E-state index >= 15 is 0 Å². The van der Waals surface area contributed by atoms with Gasteiger partial charge in [0.2, 0.25) is 5.91 Å². The third kappa shape index (κ3) is 2.95. The number of anilines is 2. The van der Waals surface area contributed by atoms with Gasteiger partial charge in [0.1, 0.15) is 5.92 Å². The molecule has 30 heavy (non-hydrogen) atoms. The van der Waals surface area contributed by atoms with Gasteiger partial charge < -0.3 is 0 Å². The Morgan fingerprint density at radius 1 is 0.833 bits per heavy atom. The smallest absolute Gasteiger partial charge is 0.266 e. The molecule has 0 N–H and O–H groups in total. The van der Waals surface area contributed by atoms with Crippen molar-refractivity contribution in [3.8, 4) is 0 Å². The third-order valence-corrected chi connectivity index (χ3v) is 6.31. The number of nitrogens with zero attached hydrogens (tertiary/aromatic N) is 2. The lowest BCUT2D eigenvalue weighted by atomic mass is 9.90. The number of carbonyl (C=O) groups excluding carboxylic acids is 2. The molecule has 2 aliphatic heterocycles. The first-order valence-corrected chi connectivity index (χ1v) is 10.6. The first kappa shape index (κ1) is 19.0. The maximum atomic E-state index is 13.6. The molecule has 0 radical (unpaired) electrons. The van der Waals surface area contributed by atoms with E-state index in [4.69, 9.17) is 4.84 Å². The Balaban J connectivity index is 1.60. The summed E-state index contributed by atoms with van der Waals surface area (Å²) in [6.45, 7) is 2.02. The molecule has 150 valence electrons. The Kier molecular flexibility index (Phi) is 4.68. The second kappa shape index (κ2) is 7.38. The highest BCUT2D eigenvalue weighted by molar-refractivity contribution is 9.10. The minimum absolute atomic E-state index is 0.249. The number of imide groups is 1. The van der Waals surface area contributed by atoms with Crippen molar-refractivity contribution in [3.05, 3.63) is 94.5 Å². The summed E-state index contributed by atoms with van der Waals surface area (Å²) in [7, 11) is 0. The molecule has 2 amide bonds. The van der Waals surface area contributed by atoms with Crippen molar-refractivity contribution in [2.45, 2.75) is 19.1 Å². The molecule has 0 aromatic heterocycles. The van der Waals surface area contributed by atoms with Crippen LogP contribution in [-0.2, 0) is 14.4 Å². The number of para-hydroxylation sites is 2. The number of fused-ring (bicyclic) bond motifs is 1. The molecule has 0 aliphatic carbocycles. The topological polar surface area (TPSA) is 49.9 Å². The molecule has 2 aliphatic rings. The van der Waals surface area contributed by atoms with E-state index in [9.17, 15) is 9.59 Å². The second-order valence-electron chi connectivity index (χ2n) is 7.53. The first-order chi connectivity index (χ1) is 14.6. The molecule has 0 unspecified atom stereocenters. The van der Waals surface area contributed by atoms with Crippen LogP contribution < -0.4 is 9.96 Å². The number of hydroxylamine groups is 1. The van der Waals surface area contributed by atoms with Gasteiger partial charge in [-0.15, -0.1) is 0 Å². The van der Waals surface area contributed by atoms with Gasteiger partial charge in [0.25, 0.3) is 5.91 Å². The molecule has 2 heterocycles. The zero-order valence-corrected chi connectivity index (χ0v) is 17.8. The maximum Gasteiger partial charge on any atom is 0.266 e. The lowest BCUT2D eigenvalue weighted by Crippen LogP contribution is -2.37. The van der Waals surface area contributed by atoms with Gasteiger partial charge in [-0.3, -0.25) is 14.4 Å². The zero-order valence-electron chi connectivity index (χ0n) is 16.2. The van der Waals surface area contributed by atoms with Gasteiger partial charge in [-0.1, -0.05) is 60.2 Å². The van der Waals surface area contributed by atoms with Gasteiger partial charge in [-0.25, -0.2) is 9.96 Å². The van der Waals surface area contributed by atoms with E-state index in [1.165, 1.54) is 4.90 Å². The molecule has 5 rings (SSSR count). The number of hydrogen-bond acceptors (Lipinski definition) is 4. The number of halogens is 1. The molecule has 3 atom stereocenters. The van der Waals surface area contributed by atoms with Crippen LogP contribution in [0.1, 0.15) is 17.2 Å². The van der Waals surface area contributed by atoms with E-state index in [0.29, 0.717) is 10.2 Å². The number of benzene rings is 3. The minimum atomic E-state index is -0.865. The Morgan fingerprint density at radius 2 is 1.50 bits per heavy atom. The Bertz CT molecular complexity index is 1120. The minimum Gasteiger partial charge on any atom is -0.273 e. The van der Waals surface area contributed by atoms with Crippen molar-refractivity contribution >= 4 is 39.1 Å². The molecule has 3 aromatic carbocycles. The molecule has 0 spiro atoms. The number of amides is 2. The largest absolute Gasteiger partial charge is 0.273 e. The van der Waals surface area contributed by atoms with E-state index in [2.05, 4.69) is 15.9 Å². The molecular weight excluding hydrogens is 444 g/mol. The molecule has 6 heteroatoms. The molecule has 2 saturated heterocycles. The molecule has 3 aromatic rings. The zero-order chi connectivity index (χ0) is 20.8. The van der Waals surface area contributed by atoms with Gasteiger partial charge in [-0.05, 0) is 52.7 Å². The lowest BCUT2D eigenvalue weighted by molar-refractivity contribution is -0.126. The van der Waals surface area contributed by atoms with Crippen molar-refractivity contribution < 1.29 is 14.4 Å². The molecule has 2 fully saturated rings. The lowest BCUT2D eigenvalue weighted by Gasteiger charge is -2.29. The predicted octanol–water partition coefficient (Wildman–Crippen LogP) is 4.81. The Hall–Kier alpha value is -2.96. The summed E-state index contributed by atoms with van der Waals surface area (Å²) in [5, 5.41) is 1.72. The molecule has 0 saturated carbocycles. The molecule has 0 bridgehead atoms. The number of carbonyl (C=O) groups is 2. The average molecular weight is 463 g/mol. The number of hydrogen-bond donors (Lipinski definition) is 0. The van der Waals surface area contributed by atoms with Crippen molar-refractivity contribution in [2.24, 2.45) is 5.92 Å². The first-order valence-electron chi connectivity index (χ1n) is 9.76. The molecular formula is C24H19BrN2O3. The number of rotatable bonds is 3. The van der Waals surface area contributed by atoms with Crippen LogP contribution in [0.15, 0.2) is 83.3 Å². The van der Waals surface area contributed by atoms with Gasteiger partial charge in [0, 0.05) is 4.47 Å². The van der Waals surface area contributed by atoms with Gasteiger partial charge in [0.05, 0.1) is 17.4 Å². The van der Waals surface area contributed by atoms with Crippen LogP contribution >= 0.6 is 15.9 Å². The molecule has 5 nitrogen and oxygen atoms in total. The van der Waals surface area contributed by atoms with Crippen LogP contribution in [0.5, 0.6) is 0 Å². The standard InChI is InChI=1S/C24H19BrN2O3/c1-15-11-13-16(14-12-15)21-20-22(30-27(21)17-7-3-2-4-8-17)24(29)26(23(20)28)19-10-6-5-9-18(19)25/h2-14,20-22H,1H3/t20-,21+,22+/m0/s1. The highest BCUT2D eigenvalue weighted by Crippen LogP contribution is 2.48. The normalized spacial score (nSPS) is 23.2. The highest BCUT2D eigenvalue weighted by Gasteiger charge is 2.60. The van der Waals surface area contributed by atoms with Crippen molar-refractivity contribution in [1.82, 2.24) is 0 Å². The quantitative estimate of drug-likeness (QED) is 0.524. The van der Waals surface area contributed by atoms with Crippen molar-refractivity contribution in [3.63, 3.8) is 0 Å². The maximum absolute atomic E-state index is 13.6. The van der Waals surface area contributed by atoms with E-state index in [1.54, 1.807) is 11.1 Å².